The van der Waals surface area contributed by atoms with Crippen LogP contribution in [0, 0.1) is 21.7 Å². The molecule has 10 heteroatoms. The van der Waals surface area contributed by atoms with E-state index in [-0.39, 0.29) is 22.3 Å². The van der Waals surface area contributed by atoms with Gasteiger partial charge in [0.2, 0.25) is 5.91 Å². The zero-order valence-corrected chi connectivity index (χ0v) is 13.0. The Morgan fingerprint density at radius 3 is 2.69 bits per heavy atom. The van der Waals surface area contributed by atoms with E-state index in [2.05, 4.69) is 10.3 Å². The molecule has 2 aromatic carbocycles. The molecule has 132 valence electrons. The largest absolute Gasteiger partial charge is 0.322 e. The maximum Gasteiger partial charge on any atom is 0.271 e. The molecule has 1 amide bonds. The van der Waals surface area contributed by atoms with Crippen molar-refractivity contribution in [3.63, 3.8) is 0 Å². The van der Waals surface area contributed by atoms with Crippen LogP contribution in [0.25, 0.3) is 10.9 Å². The predicted octanol–water partition coefficient (Wildman–Crippen LogP) is 2.22. The fourth-order valence-electron chi connectivity index (χ4n) is 2.31. The number of non-ortho nitro benzene ring substituents is 1. The van der Waals surface area contributed by atoms with Crippen molar-refractivity contribution in [1.82, 2.24) is 9.55 Å². The van der Waals surface area contributed by atoms with Crippen LogP contribution in [0.3, 0.4) is 0 Å². The van der Waals surface area contributed by atoms with Crippen LogP contribution in [-0.4, -0.2) is 20.4 Å². The van der Waals surface area contributed by atoms with Gasteiger partial charge in [-0.1, -0.05) is 0 Å². The van der Waals surface area contributed by atoms with Crippen LogP contribution in [0.5, 0.6) is 0 Å². The van der Waals surface area contributed by atoms with Gasteiger partial charge in [0, 0.05) is 18.2 Å². The number of hydrogen-bond donors (Lipinski definition) is 1. The summed E-state index contributed by atoms with van der Waals surface area (Å²) in [5.74, 6) is -2.46. The summed E-state index contributed by atoms with van der Waals surface area (Å²) in [4.78, 5) is 38.4. The average Bonchev–Trinajstić information content (AvgIpc) is 2.59. The summed E-state index contributed by atoms with van der Waals surface area (Å²) < 4.78 is 27.4. The second-order valence-corrected chi connectivity index (χ2v) is 5.31. The third-order valence-corrected chi connectivity index (χ3v) is 3.54. The van der Waals surface area contributed by atoms with Crippen molar-refractivity contribution in [2.45, 2.75) is 6.54 Å². The van der Waals surface area contributed by atoms with E-state index < -0.39 is 34.6 Å². The Kier molecular flexibility index (Phi) is 4.40. The van der Waals surface area contributed by atoms with E-state index in [1.54, 1.807) is 0 Å². The number of halogens is 2. The number of benzene rings is 2. The van der Waals surface area contributed by atoms with Gasteiger partial charge >= 0.3 is 0 Å². The van der Waals surface area contributed by atoms with E-state index in [4.69, 9.17) is 0 Å². The first-order chi connectivity index (χ1) is 12.3. The number of aromatic nitrogens is 2. The van der Waals surface area contributed by atoms with E-state index in [1.165, 1.54) is 6.07 Å². The van der Waals surface area contributed by atoms with Gasteiger partial charge in [0.25, 0.3) is 11.2 Å². The van der Waals surface area contributed by atoms with Gasteiger partial charge in [-0.05, 0) is 18.2 Å². The molecule has 0 aliphatic rings. The average molecular weight is 360 g/mol. The third kappa shape index (κ3) is 3.38. The molecule has 0 saturated carbocycles. The number of nitro groups is 1. The fraction of sp³-hybridized carbons (Fsp3) is 0.0625. The van der Waals surface area contributed by atoms with E-state index >= 15 is 0 Å². The molecule has 0 aliphatic heterocycles. The van der Waals surface area contributed by atoms with Crippen LogP contribution in [0.4, 0.5) is 20.2 Å². The van der Waals surface area contributed by atoms with Gasteiger partial charge in [-0.25, -0.2) is 13.8 Å². The Hall–Kier alpha value is -3.69. The number of amides is 1. The molecule has 0 atom stereocenters. The molecule has 8 nitrogen and oxygen atoms in total. The number of nitrogens with one attached hydrogen (secondary N) is 1. The molecule has 3 rings (SSSR count). The lowest BCUT2D eigenvalue weighted by Crippen LogP contribution is -2.28. The van der Waals surface area contributed by atoms with E-state index in [0.29, 0.717) is 6.07 Å². The van der Waals surface area contributed by atoms with Gasteiger partial charge in [0.05, 0.1) is 27.8 Å². The first kappa shape index (κ1) is 17.1. The van der Waals surface area contributed by atoms with Crippen molar-refractivity contribution < 1.29 is 18.5 Å². The number of carbonyl (C=O) groups is 1. The molecule has 1 heterocycles. The van der Waals surface area contributed by atoms with Gasteiger partial charge in [-0.3, -0.25) is 24.3 Å². The highest BCUT2D eigenvalue weighted by molar-refractivity contribution is 5.91. The normalized spacial score (nSPS) is 10.7. The molecule has 26 heavy (non-hydrogen) atoms. The molecule has 0 saturated heterocycles. The molecule has 0 unspecified atom stereocenters. The molecule has 0 aliphatic carbocycles. The molecule has 1 N–H and O–H groups in total. The summed E-state index contributed by atoms with van der Waals surface area (Å²) in [6.07, 6.45) is 1.06. The summed E-state index contributed by atoms with van der Waals surface area (Å²) in [6.45, 7) is -0.463. The summed E-state index contributed by atoms with van der Waals surface area (Å²) in [5.41, 5.74) is -0.912. The molecule has 0 spiro atoms. The highest BCUT2D eigenvalue weighted by atomic mass is 19.1. The third-order valence-electron chi connectivity index (χ3n) is 3.54. The topological polar surface area (TPSA) is 107 Å². The minimum atomic E-state index is -0.949. The zero-order valence-electron chi connectivity index (χ0n) is 13.0. The van der Waals surface area contributed by atoms with E-state index in [1.807, 2.05) is 0 Å². The standard InChI is InChI=1S/C16H10F2N4O4/c17-9-1-4-13(12(18)5-9)20-15(23)7-21-8-19-14-6-10(22(25)26)2-3-11(14)16(21)24/h1-6,8H,7H2,(H,20,23). The van der Waals surface area contributed by atoms with E-state index in [0.717, 1.165) is 35.2 Å². The number of hydrogen-bond acceptors (Lipinski definition) is 5. The van der Waals surface area contributed by atoms with Crippen LogP contribution in [-0.2, 0) is 11.3 Å². The van der Waals surface area contributed by atoms with Crippen LogP contribution in [0.15, 0.2) is 47.5 Å². The number of anilines is 1. The van der Waals surface area contributed by atoms with Crippen molar-refractivity contribution in [2.24, 2.45) is 0 Å². The van der Waals surface area contributed by atoms with Crippen LogP contribution in [0.1, 0.15) is 0 Å². The summed E-state index contributed by atoms with van der Waals surface area (Å²) in [7, 11) is 0. The zero-order chi connectivity index (χ0) is 18.8. The smallest absolute Gasteiger partial charge is 0.271 e. The fourth-order valence-corrected chi connectivity index (χ4v) is 2.31. The Labute approximate surface area is 143 Å². The van der Waals surface area contributed by atoms with Crippen LogP contribution < -0.4 is 10.9 Å². The molecule has 1 aromatic heterocycles. The highest BCUT2D eigenvalue weighted by Gasteiger charge is 2.13. The van der Waals surface area contributed by atoms with E-state index in [9.17, 15) is 28.5 Å². The number of rotatable bonds is 4. The van der Waals surface area contributed by atoms with Gasteiger partial charge in [0.15, 0.2) is 0 Å². The number of fused-ring (bicyclic) bond motifs is 1. The molecular formula is C16H10F2N4O4. The Balaban J connectivity index is 1.85. The van der Waals surface area contributed by atoms with Gasteiger partial charge < -0.3 is 5.32 Å². The van der Waals surface area contributed by atoms with Crippen molar-refractivity contribution >= 4 is 28.2 Å². The Bertz CT molecular complexity index is 1100. The lowest BCUT2D eigenvalue weighted by Gasteiger charge is -2.08. The minimum Gasteiger partial charge on any atom is -0.322 e. The first-order valence-corrected chi connectivity index (χ1v) is 7.23. The number of nitrogens with zero attached hydrogens (tertiary/aromatic N) is 3. The van der Waals surface area contributed by atoms with Crippen molar-refractivity contribution in [3.8, 4) is 0 Å². The lowest BCUT2D eigenvalue weighted by molar-refractivity contribution is -0.384. The van der Waals surface area contributed by atoms with Gasteiger partial charge in [0.1, 0.15) is 18.2 Å². The maximum absolute atomic E-state index is 13.5. The monoisotopic (exact) mass is 360 g/mol. The van der Waals surface area contributed by atoms with Crippen molar-refractivity contribution in [2.75, 3.05) is 5.32 Å². The van der Waals surface area contributed by atoms with Crippen molar-refractivity contribution in [1.29, 1.82) is 0 Å². The molecule has 0 bridgehead atoms. The molecular weight excluding hydrogens is 350 g/mol. The quantitative estimate of drug-likeness (QED) is 0.567. The first-order valence-electron chi connectivity index (χ1n) is 7.23. The second-order valence-electron chi connectivity index (χ2n) is 5.31. The number of carbonyl (C=O) groups excluding carboxylic acids is 1. The second kappa shape index (κ2) is 6.67. The highest BCUT2D eigenvalue weighted by Crippen LogP contribution is 2.17. The number of nitro benzene ring substituents is 1. The SMILES string of the molecule is O=C(Cn1cnc2cc([N+](=O)[O-])ccc2c1=O)Nc1ccc(F)cc1F. The Morgan fingerprint density at radius 2 is 2.00 bits per heavy atom. The molecule has 0 radical (unpaired) electrons. The predicted molar refractivity (Wildman–Crippen MR) is 87.6 cm³/mol. The lowest BCUT2D eigenvalue weighted by atomic mass is 10.2. The summed E-state index contributed by atoms with van der Waals surface area (Å²) in [5, 5.41) is 13.1. The van der Waals surface area contributed by atoms with Gasteiger partial charge in [-0.15, -0.1) is 0 Å². The van der Waals surface area contributed by atoms with Crippen LogP contribution >= 0.6 is 0 Å². The summed E-state index contributed by atoms with van der Waals surface area (Å²) in [6, 6.07) is 6.21. The maximum atomic E-state index is 13.5. The van der Waals surface area contributed by atoms with Gasteiger partial charge in [-0.2, -0.15) is 0 Å². The summed E-state index contributed by atoms with van der Waals surface area (Å²) >= 11 is 0. The minimum absolute atomic E-state index is 0.0962. The molecule has 3 aromatic rings. The van der Waals surface area contributed by atoms with Crippen LogP contribution in [0.2, 0.25) is 0 Å². The molecule has 0 fully saturated rings. The van der Waals surface area contributed by atoms with Crippen molar-refractivity contribution in [3.05, 3.63) is 74.8 Å². The Morgan fingerprint density at radius 1 is 1.23 bits per heavy atom.